The van der Waals surface area contributed by atoms with Gasteiger partial charge in [-0.05, 0) is 30.7 Å². The first kappa shape index (κ1) is 19.9. The fourth-order valence-electron chi connectivity index (χ4n) is 3.24. The van der Waals surface area contributed by atoms with E-state index in [1.165, 1.54) is 19.9 Å². The van der Waals surface area contributed by atoms with Gasteiger partial charge in [-0.15, -0.1) is 0 Å². The van der Waals surface area contributed by atoms with E-state index in [-0.39, 0.29) is 5.56 Å². The first-order valence-electron chi connectivity index (χ1n) is 9.21. The summed E-state index contributed by atoms with van der Waals surface area (Å²) in [6.07, 6.45) is 1.14. The highest BCUT2D eigenvalue weighted by Crippen LogP contribution is 2.33. The highest BCUT2D eigenvalue weighted by atomic mass is 32.2. The molecule has 0 bridgehead atoms. The monoisotopic (exact) mass is 424 g/mol. The quantitative estimate of drug-likeness (QED) is 0.423. The van der Waals surface area contributed by atoms with Crippen molar-refractivity contribution in [3.63, 3.8) is 0 Å². The van der Waals surface area contributed by atoms with Crippen LogP contribution in [0.4, 0.5) is 10.5 Å². The van der Waals surface area contributed by atoms with Gasteiger partial charge in [0.2, 0.25) is 5.09 Å². The Morgan fingerprint density at radius 3 is 2.07 bits per heavy atom. The second kappa shape index (κ2) is 7.16. The summed E-state index contributed by atoms with van der Waals surface area (Å²) in [5, 5.41) is 15.6. The van der Waals surface area contributed by atoms with Gasteiger partial charge in [0, 0.05) is 22.4 Å². The van der Waals surface area contributed by atoms with Gasteiger partial charge in [0.25, 0.3) is 10.0 Å². The van der Waals surface area contributed by atoms with Crippen molar-refractivity contribution in [2.75, 3.05) is 5.32 Å². The van der Waals surface area contributed by atoms with Crippen molar-refractivity contribution in [3.05, 3.63) is 72.5 Å². The lowest BCUT2D eigenvalue weighted by atomic mass is 10.0. The number of carbonyl (C=O) groups is 1. The third-order valence-corrected chi connectivity index (χ3v) is 5.98. The Morgan fingerprint density at radius 2 is 1.53 bits per heavy atom. The molecule has 3 aromatic carbocycles. The van der Waals surface area contributed by atoms with Crippen LogP contribution in [-0.2, 0) is 15.6 Å². The van der Waals surface area contributed by atoms with E-state index in [9.17, 15) is 18.3 Å². The summed E-state index contributed by atoms with van der Waals surface area (Å²) < 4.78 is 32.1. The maximum atomic E-state index is 12.6. The van der Waals surface area contributed by atoms with Gasteiger partial charge >= 0.3 is 6.03 Å². The Hall–Kier alpha value is -3.36. The topological polar surface area (TPSA) is 109 Å². The first-order valence-corrected chi connectivity index (χ1v) is 10.7. The normalized spacial score (nSPS) is 12.2. The van der Waals surface area contributed by atoms with E-state index in [1.54, 1.807) is 0 Å². The number of furan rings is 1. The van der Waals surface area contributed by atoms with Gasteiger partial charge in [-0.1, -0.05) is 48.5 Å². The van der Waals surface area contributed by atoms with Crippen molar-refractivity contribution >= 4 is 43.3 Å². The average Bonchev–Trinajstić information content (AvgIpc) is 3.19. The summed E-state index contributed by atoms with van der Waals surface area (Å²) in [7, 11) is -4.27. The molecule has 0 aliphatic heterocycles. The Balaban J connectivity index is 1.67. The molecule has 4 aromatic rings. The van der Waals surface area contributed by atoms with E-state index in [1.807, 2.05) is 59.3 Å². The van der Waals surface area contributed by atoms with Crippen LogP contribution in [0, 0.1) is 0 Å². The lowest BCUT2D eigenvalue weighted by molar-refractivity contribution is 0.0779. The molecule has 0 radical (unpaired) electrons. The summed E-state index contributed by atoms with van der Waals surface area (Å²) in [6, 6.07) is 17.3. The third kappa shape index (κ3) is 3.74. The summed E-state index contributed by atoms with van der Waals surface area (Å²) in [5.74, 6) is 0. The summed E-state index contributed by atoms with van der Waals surface area (Å²) >= 11 is 0. The van der Waals surface area contributed by atoms with Gasteiger partial charge < -0.3 is 14.8 Å². The van der Waals surface area contributed by atoms with Crippen molar-refractivity contribution in [2.45, 2.75) is 24.5 Å². The Morgan fingerprint density at radius 1 is 0.967 bits per heavy atom. The second-order valence-electron chi connectivity index (χ2n) is 7.47. The van der Waals surface area contributed by atoms with Crippen LogP contribution in [-0.4, -0.2) is 19.6 Å². The molecular weight excluding hydrogens is 404 g/mol. The molecule has 7 nitrogen and oxygen atoms in total. The molecule has 3 N–H and O–H groups in total. The molecule has 2 amide bonds. The van der Waals surface area contributed by atoms with Gasteiger partial charge in [0.05, 0.1) is 17.6 Å². The van der Waals surface area contributed by atoms with E-state index in [0.29, 0.717) is 5.69 Å². The van der Waals surface area contributed by atoms with Crippen molar-refractivity contribution in [3.8, 4) is 0 Å². The number of rotatable bonds is 4. The Bertz CT molecular complexity index is 1310. The molecule has 0 unspecified atom stereocenters. The maximum Gasteiger partial charge on any atom is 0.333 e. The fourth-order valence-corrected chi connectivity index (χ4v) is 4.09. The van der Waals surface area contributed by atoms with Gasteiger partial charge in [0.15, 0.2) is 0 Å². The molecule has 1 heterocycles. The molecule has 0 atom stereocenters. The molecule has 0 aliphatic rings. The van der Waals surface area contributed by atoms with Gasteiger partial charge in [-0.2, -0.15) is 8.42 Å². The molecule has 0 saturated heterocycles. The molecule has 4 rings (SSSR count). The predicted octanol–water partition coefficient (Wildman–Crippen LogP) is 4.32. The van der Waals surface area contributed by atoms with Crippen LogP contribution in [0.3, 0.4) is 0 Å². The number of urea groups is 1. The van der Waals surface area contributed by atoms with Crippen molar-refractivity contribution in [1.29, 1.82) is 0 Å². The molecule has 0 saturated carbocycles. The third-order valence-electron chi connectivity index (χ3n) is 4.78. The van der Waals surface area contributed by atoms with Gasteiger partial charge in [0.1, 0.15) is 0 Å². The zero-order chi connectivity index (χ0) is 21.5. The number of hydrogen-bond acceptors (Lipinski definition) is 5. The lowest BCUT2D eigenvalue weighted by Gasteiger charge is -2.14. The molecular formula is C22H20N2O5S. The summed E-state index contributed by atoms with van der Waals surface area (Å²) in [5.41, 5.74) is -0.488. The molecule has 1 aromatic heterocycles. The van der Waals surface area contributed by atoms with Crippen molar-refractivity contribution in [1.82, 2.24) is 4.72 Å². The van der Waals surface area contributed by atoms with Crippen LogP contribution in [0.5, 0.6) is 0 Å². The zero-order valence-corrected chi connectivity index (χ0v) is 17.2. The Labute approximate surface area is 173 Å². The van der Waals surface area contributed by atoms with Gasteiger partial charge in [-0.25, -0.2) is 9.52 Å². The van der Waals surface area contributed by atoms with Gasteiger partial charge in [-0.3, -0.25) is 0 Å². The number of carbonyl (C=O) groups excluding carboxylic acids is 1. The number of nitrogens with one attached hydrogen (secondary N) is 2. The molecule has 0 fully saturated rings. The highest BCUT2D eigenvalue weighted by molar-refractivity contribution is 7.89. The Kier molecular flexibility index (Phi) is 4.76. The van der Waals surface area contributed by atoms with Crippen LogP contribution in [0.15, 0.2) is 76.4 Å². The molecule has 8 heteroatoms. The molecule has 30 heavy (non-hydrogen) atoms. The number of fused-ring (bicyclic) bond motifs is 2. The van der Waals surface area contributed by atoms with E-state index in [4.69, 9.17) is 4.42 Å². The average molecular weight is 424 g/mol. The number of aliphatic hydroxyl groups is 1. The first-order chi connectivity index (χ1) is 14.1. The van der Waals surface area contributed by atoms with Crippen LogP contribution in [0.2, 0.25) is 0 Å². The van der Waals surface area contributed by atoms with Crippen LogP contribution in [0.1, 0.15) is 19.4 Å². The molecule has 0 aliphatic carbocycles. The standard InChI is InChI=1S/C22H20N2O5S/c1-22(2,26)16-12-19(29-13-16)30(27,28)24-21(25)23-20-17-9-5-3-7-14(17)11-15-8-4-6-10-18(15)20/h3-13,26H,1-2H3,(H2,23,24,25). The minimum absolute atomic E-state index is 0.281. The zero-order valence-electron chi connectivity index (χ0n) is 16.3. The fraction of sp³-hybridized carbons (Fsp3) is 0.136. The largest absolute Gasteiger partial charge is 0.451 e. The summed E-state index contributed by atoms with van der Waals surface area (Å²) in [6.45, 7) is 3.00. The number of hydrogen-bond donors (Lipinski definition) is 3. The number of anilines is 1. The predicted molar refractivity (Wildman–Crippen MR) is 115 cm³/mol. The molecule has 154 valence electrons. The smallest absolute Gasteiger partial charge is 0.333 e. The van der Waals surface area contributed by atoms with Crippen LogP contribution < -0.4 is 10.0 Å². The highest BCUT2D eigenvalue weighted by Gasteiger charge is 2.26. The van der Waals surface area contributed by atoms with Crippen molar-refractivity contribution in [2.24, 2.45) is 0 Å². The number of benzene rings is 3. The van der Waals surface area contributed by atoms with Crippen LogP contribution in [0.25, 0.3) is 21.5 Å². The second-order valence-corrected chi connectivity index (χ2v) is 9.08. The van der Waals surface area contributed by atoms with Crippen molar-refractivity contribution < 1.29 is 22.7 Å². The number of amides is 2. The maximum absolute atomic E-state index is 12.6. The van der Waals surface area contributed by atoms with E-state index < -0.39 is 26.7 Å². The number of sulfonamides is 1. The summed E-state index contributed by atoms with van der Waals surface area (Å²) in [4.78, 5) is 12.6. The van der Waals surface area contributed by atoms with E-state index in [2.05, 4.69) is 5.32 Å². The minimum Gasteiger partial charge on any atom is -0.451 e. The SMILES string of the molecule is CC(C)(O)c1coc(S(=O)(=O)NC(=O)Nc2c3ccccc3cc3ccccc23)c1. The van der Waals surface area contributed by atoms with E-state index in [0.717, 1.165) is 27.8 Å². The van der Waals surface area contributed by atoms with E-state index >= 15 is 0 Å². The molecule has 0 spiro atoms. The lowest BCUT2D eigenvalue weighted by Crippen LogP contribution is -2.34. The van der Waals surface area contributed by atoms with Crippen LogP contribution >= 0.6 is 0 Å². The minimum atomic E-state index is -4.27.